The highest BCUT2D eigenvalue weighted by Gasteiger charge is 2.15. The minimum Gasteiger partial charge on any atom is -0.344 e. The zero-order chi connectivity index (χ0) is 19.1. The lowest BCUT2D eigenvalue weighted by Gasteiger charge is -2.09. The lowest BCUT2D eigenvalue weighted by Crippen LogP contribution is -2.03. The maximum absolute atomic E-state index is 13.2. The minimum absolute atomic E-state index is 0.0789. The van der Waals surface area contributed by atoms with Gasteiger partial charge in [0.15, 0.2) is 5.65 Å². The van der Waals surface area contributed by atoms with Crippen LogP contribution in [0.2, 0.25) is 0 Å². The van der Waals surface area contributed by atoms with Crippen LogP contribution < -0.4 is 0 Å². The zero-order valence-corrected chi connectivity index (χ0v) is 15.2. The van der Waals surface area contributed by atoms with E-state index in [1.807, 2.05) is 31.7 Å². The summed E-state index contributed by atoms with van der Waals surface area (Å²) in [5, 5.41) is 12.7. The minimum atomic E-state index is -0.0789. The van der Waals surface area contributed by atoms with E-state index in [-0.39, 0.29) is 5.83 Å². The van der Waals surface area contributed by atoms with Crippen LogP contribution in [-0.4, -0.2) is 39.7 Å². The molecule has 0 aromatic carbocycles. The van der Waals surface area contributed by atoms with Crippen molar-refractivity contribution in [3.8, 4) is 22.5 Å². The SMILES string of the molecule is Cn1cc(-c2cnc3[nH]cc(-c4cn(CC5=CC=C(F)CC5)nn4)c3n2)cn1. The molecular formula is C19H17FN8. The van der Waals surface area contributed by atoms with Gasteiger partial charge >= 0.3 is 0 Å². The summed E-state index contributed by atoms with van der Waals surface area (Å²) in [7, 11) is 1.86. The number of fused-ring (bicyclic) bond motifs is 1. The molecule has 5 rings (SSSR count). The number of halogens is 1. The lowest BCUT2D eigenvalue weighted by atomic mass is 10.0. The topological polar surface area (TPSA) is 90.1 Å². The average molecular weight is 376 g/mol. The van der Waals surface area contributed by atoms with Crippen LogP contribution in [0.3, 0.4) is 0 Å². The van der Waals surface area contributed by atoms with Crippen LogP contribution >= 0.6 is 0 Å². The van der Waals surface area contributed by atoms with Crippen LogP contribution in [0.25, 0.3) is 33.7 Å². The molecule has 1 aliphatic rings. The Morgan fingerprint density at radius 2 is 2.07 bits per heavy atom. The van der Waals surface area contributed by atoms with Crippen LogP contribution in [0.4, 0.5) is 4.39 Å². The van der Waals surface area contributed by atoms with Crippen molar-refractivity contribution in [3.05, 3.63) is 54.5 Å². The molecule has 0 fully saturated rings. The van der Waals surface area contributed by atoms with E-state index in [0.29, 0.717) is 30.7 Å². The molecule has 0 saturated carbocycles. The number of aryl methyl sites for hydroxylation is 1. The second-order valence-corrected chi connectivity index (χ2v) is 6.80. The van der Waals surface area contributed by atoms with Crippen molar-refractivity contribution in [2.75, 3.05) is 0 Å². The number of aromatic amines is 1. The van der Waals surface area contributed by atoms with E-state index in [1.54, 1.807) is 21.8 Å². The molecule has 1 aliphatic carbocycles. The molecule has 0 radical (unpaired) electrons. The third kappa shape index (κ3) is 3.00. The first-order valence-electron chi connectivity index (χ1n) is 8.93. The molecule has 0 aliphatic heterocycles. The Morgan fingerprint density at radius 3 is 2.86 bits per heavy atom. The van der Waals surface area contributed by atoms with Gasteiger partial charge in [-0.1, -0.05) is 11.3 Å². The fraction of sp³-hybridized carbons (Fsp3) is 0.211. The Morgan fingerprint density at radius 1 is 1.14 bits per heavy atom. The zero-order valence-electron chi connectivity index (χ0n) is 15.2. The van der Waals surface area contributed by atoms with Crippen molar-refractivity contribution in [2.24, 2.45) is 7.05 Å². The molecule has 140 valence electrons. The second kappa shape index (κ2) is 6.52. The Hall–Kier alpha value is -3.62. The molecule has 0 amide bonds. The first kappa shape index (κ1) is 16.5. The summed E-state index contributed by atoms with van der Waals surface area (Å²) in [6.45, 7) is 0.589. The first-order chi connectivity index (χ1) is 13.7. The summed E-state index contributed by atoms with van der Waals surface area (Å²) in [5.74, 6) is -0.0789. The molecule has 0 atom stereocenters. The highest BCUT2D eigenvalue weighted by Crippen LogP contribution is 2.27. The molecule has 0 unspecified atom stereocenters. The first-order valence-corrected chi connectivity index (χ1v) is 8.93. The van der Waals surface area contributed by atoms with Gasteiger partial charge in [0.25, 0.3) is 0 Å². The highest BCUT2D eigenvalue weighted by atomic mass is 19.1. The molecule has 1 N–H and O–H groups in total. The van der Waals surface area contributed by atoms with Crippen molar-refractivity contribution in [2.45, 2.75) is 19.4 Å². The van der Waals surface area contributed by atoms with Gasteiger partial charge in [0.05, 0.1) is 30.8 Å². The van der Waals surface area contributed by atoms with Gasteiger partial charge in [-0.2, -0.15) is 5.10 Å². The Kier molecular flexibility index (Phi) is 3.85. The third-order valence-corrected chi connectivity index (χ3v) is 4.75. The average Bonchev–Trinajstić information content (AvgIpc) is 3.42. The van der Waals surface area contributed by atoms with Gasteiger partial charge in [-0.25, -0.2) is 19.0 Å². The third-order valence-electron chi connectivity index (χ3n) is 4.75. The Balaban J connectivity index is 1.47. The molecule has 0 spiro atoms. The number of aromatic nitrogens is 8. The molecule has 4 aromatic rings. The van der Waals surface area contributed by atoms with Gasteiger partial charge in [0.2, 0.25) is 0 Å². The van der Waals surface area contributed by atoms with Crippen LogP contribution in [0.5, 0.6) is 0 Å². The van der Waals surface area contributed by atoms with Crippen LogP contribution in [0.1, 0.15) is 12.8 Å². The molecular weight excluding hydrogens is 359 g/mol. The Bertz CT molecular complexity index is 1230. The second-order valence-electron chi connectivity index (χ2n) is 6.80. The van der Waals surface area contributed by atoms with Crippen LogP contribution in [0, 0.1) is 0 Å². The number of H-pyrrole nitrogens is 1. The van der Waals surface area contributed by atoms with E-state index in [9.17, 15) is 4.39 Å². The predicted molar refractivity (Wildman–Crippen MR) is 102 cm³/mol. The molecule has 0 bridgehead atoms. The van der Waals surface area contributed by atoms with Crippen molar-refractivity contribution in [1.82, 2.24) is 39.7 Å². The number of nitrogens with zero attached hydrogens (tertiary/aromatic N) is 7. The summed E-state index contributed by atoms with van der Waals surface area (Å²) in [6, 6.07) is 0. The standard InChI is InChI=1S/C19H17FN8/c1-27-10-13(6-23-27)16-8-22-19-18(24-16)15(7-21-19)17-11-28(26-25-17)9-12-2-4-14(20)5-3-12/h2,4,6-8,10-11H,3,5,9H2,1H3,(H,21,22). The molecule has 4 heterocycles. The molecule has 0 saturated heterocycles. The van der Waals surface area contributed by atoms with Crippen molar-refractivity contribution in [3.63, 3.8) is 0 Å². The van der Waals surface area contributed by atoms with Crippen LogP contribution in [-0.2, 0) is 13.6 Å². The van der Waals surface area contributed by atoms with Gasteiger partial charge in [-0.05, 0) is 18.1 Å². The molecule has 4 aromatic heterocycles. The predicted octanol–water partition coefficient (Wildman–Crippen LogP) is 3.19. The highest BCUT2D eigenvalue weighted by molar-refractivity contribution is 5.90. The molecule has 8 nitrogen and oxygen atoms in total. The molecule has 9 heteroatoms. The van der Waals surface area contributed by atoms with E-state index >= 15 is 0 Å². The monoisotopic (exact) mass is 376 g/mol. The smallest absolute Gasteiger partial charge is 0.156 e. The van der Waals surface area contributed by atoms with E-state index in [0.717, 1.165) is 27.9 Å². The summed E-state index contributed by atoms with van der Waals surface area (Å²) in [6.07, 6.45) is 13.6. The van der Waals surface area contributed by atoms with Crippen molar-refractivity contribution >= 4 is 11.2 Å². The number of nitrogens with one attached hydrogen (secondary N) is 1. The van der Waals surface area contributed by atoms with Gasteiger partial charge in [-0.3, -0.25) is 4.68 Å². The summed E-state index contributed by atoms with van der Waals surface area (Å²) < 4.78 is 16.6. The van der Waals surface area contributed by atoms with Gasteiger partial charge in [-0.15, -0.1) is 5.10 Å². The van der Waals surface area contributed by atoms with E-state index in [4.69, 9.17) is 4.98 Å². The van der Waals surface area contributed by atoms with E-state index in [2.05, 4.69) is 25.4 Å². The van der Waals surface area contributed by atoms with Gasteiger partial charge in [0.1, 0.15) is 17.0 Å². The number of allylic oxidation sites excluding steroid dienone is 4. The molecule has 28 heavy (non-hydrogen) atoms. The summed E-state index contributed by atoms with van der Waals surface area (Å²) >= 11 is 0. The lowest BCUT2D eigenvalue weighted by molar-refractivity contribution is 0.561. The van der Waals surface area contributed by atoms with Gasteiger partial charge < -0.3 is 4.98 Å². The maximum Gasteiger partial charge on any atom is 0.156 e. The quantitative estimate of drug-likeness (QED) is 0.591. The number of hydrogen-bond donors (Lipinski definition) is 1. The largest absolute Gasteiger partial charge is 0.344 e. The van der Waals surface area contributed by atoms with Gasteiger partial charge in [0, 0.05) is 37.0 Å². The van der Waals surface area contributed by atoms with Crippen LogP contribution in [0.15, 0.2) is 54.5 Å². The normalized spacial score (nSPS) is 14.4. The number of hydrogen-bond acceptors (Lipinski definition) is 5. The summed E-state index contributed by atoms with van der Waals surface area (Å²) in [5.41, 5.74) is 5.73. The fourth-order valence-electron chi connectivity index (χ4n) is 3.27. The van der Waals surface area contributed by atoms with Crippen molar-refractivity contribution in [1.29, 1.82) is 0 Å². The fourth-order valence-corrected chi connectivity index (χ4v) is 3.27. The van der Waals surface area contributed by atoms with E-state index < -0.39 is 0 Å². The number of rotatable bonds is 4. The van der Waals surface area contributed by atoms with Crippen molar-refractivity contribution < 1.29 is 4.39 Å². The maximum atomic E-state index is 13.2. The summed E-state index contributed by atoms with van der Waals surface area (Å²) in [4.78, 5) is 12.3. The van der Waals surface area contributed by atoms with E-state index in [1.165, 1.54) is 6.08 Å². The Labute approximate surface area is 159 Å².